The first-order valence-corrected chi connectivity index (χ1v) is 6.22. The highest BCUT2D eigenvalue weighted by Crippen LogP contribution is 2.24. The number of carbonyl (C=O) groups excluding carboxylic acids is 1. The minimum atomic E-state index is 0.194. The Balaban J connectivity index is 1.86. The molecule has 0 saturated carbocycles. The quantitative estimate of drug-likeness (QED) is 0.887. The van der Waals surface area contributed by atoms with Crippen molar-refractivity contribution in [2.24, 2.45) is 0 Å². The molecule has 0 aliphatic carbocycles. The molecular weight excluding hydrogens is 240 g/mol. The number of anilines is 2. The van der Waals surface area contributed by atoms with Crippen molar-refractivity contribution in [3.05, 3.63) is 36.7 Å². The SMILES string of the molecule is Nc1cnc(-c2ccc(N3CCCC3=O)cc2)cn1. The summed E-state index contributed by atoms with van der Waals surface area (Å²) in [4.78, 5) is 21.7. The number of nitrogens with two attached hydrogens (primary N) is 1. The third-order valence-corrected chi connectivity index (χ3v) is 3.22. The fourth-order valence-corrected chi connectivity index (χ4v) is 2.22. The van der Waals surface area contributed by atoms with Crippen LogP contribution in [0.3, 0.4) is 0 Å². The second-order valence-electron chi connectivity index (χ2n) is 4.52. The van der Waals surface area contributed by atoms with Crippen LogP contribution in [0.1, 0.15) is 12.8 Å². The molecule has 0 atom stereocenters. The van der Waals surface area contributed by atoms with Gasteiger partial charge in [-0.05, 0) is 18.6 Å². The fraction of sp³-hybridized carbons (Fsp3) is 0.214. The third kappa shape index (κ3) is 2.27. The number of nitrogen functional groups attached to an aromatic ring is 1. The minimum absolute atomic E-state index is 0.194. The van der Waals surface area contributed by atoms with Crippen molar-refractivity contribution in [1.29, 1.82) is 0 Å². The summed E-state index contributed by atoms with van der Waals surface area (Å²) in [6.07, 6.45) is 4.76. The van der Waals surface area contributed by atoms with E-state index < -0.39 is 0 Å². The number of nitrogens with zero attached hydrogens (tertiary/aromatic N) is 3. The van der Waals surface area contributed by atoms with E-state index in [-0.39, 0.29) is 5.91 Å². The summed E-state index contributed by atoms with van der Waals surface area (Å²) in [5.74, 6) is 0.600. The van der Waals surface area contributed by atoms with E-state index >= 15 is 0 Å². The first-order chi connectivity index (χ1) is 9.24. The molecule has 19 heavy (non-hydrogen) atoms. The van der Waals surface area contributed by atoms with E-state index in [4.69, 9.17) is 5.73 Å². The van der Waals surface area contributed by atoms with Crippen LogP contribution in [0.25, 0.3) is 11.3 Å². The van der Waals surface area contributed by atoms with Crippen molar-refractivity contribution in [3.8, 4) is 11.3 Å². The molecule has 2 heterocycles. The Hall–Kier alpha value is -2.43. The monoisotopic (exact) mass is 254 g/mol. The molecule has 2 N–H and O–H groups in total. The average molecular weight is 254 g/mol. The van der Waals surface area contributed by atoms with E-state index in [1.165, 1.54) is 6.20 Å². The van der Waals surface area contributed by atoms with E-state index in [1.54, 1.807) is 6.20 Å². The summed E-state index contributed by atoms with van der Waals surface area (Å²) in [6.45, 7) is 0.805. The van der Waals surface area contributed by atoms with Crippen LogP contribution in [0.2, 0.25) is 0 Å². The van der Waals surface area contributed by atoms with Crippen molar-refractivity contribution < 1.29 is 4.79 Å². The smallest absolute Gasteiger partial charge is 0.227 e. The number of amides is 1. The molecular formula is C14H14N4O. The molecule has 5 heteroatoms. The van der Waals surface area contributed by atoms with Crippen molar-refractivity contribution >= 4 is 17.4 Å². The Kier molecular flexibility index (Phi) is 2.87. The fourth-order valence-electron chi connectivity index (χ4n) is 2.22. The zero-order valence-electron chi connectivity index (χ0n) is 10.4. The lowest BCUT2D eigenvalue weighted by Crippen LogP contribution is -2.23. The van der Waals surface area contributed by atoms with Crippen LogP contribution in [0, 0.1) is 0 Å². The first-order valence-electron chi connectivity index (χ1n) is 6.22. The summed E-state index contributed by atoms with van der Waals surface area (Å²) in [5, 5.41) is 0. The molecule has 0 radical (unpaired) electrons. The van der Waals surface area contributed by atoms with E-state index in [9.17, 15) is 4.79 Å². The number of carbonyl (C=O) groups is 1. The number of rotatable bonds is 2. The van der Waals surface area contributed by atoms with Gasteiger partial charge in [0.15, 0.2) is 0 Å². The maximum atomic E-state index is 11.7. The van der Waals surface area contributed by atoms with Gasteiger partial charge in [-0.1, -0.05) is 12.1 Å². The molecule has 96 valence electrons. The van der Waals surface area contributed by atoms with E-state index in [0.29, 0.717) is 12.2 Å². The molecule has 1 saturated heterocycles. The Morgan fingerprint density at radius 1 is 1.11 bits per heavy atom. The van der Waals surface area contributed by atoms with Gasteiger partial charge < -0.3 is 10.6 Å². The van der Waals surface area contributed by atoms with E-state index in [1.807, 2.05) is 29.2 Å². The van der Waals surface area contributed by atoms with Gasteiger partial charge in [0.2, 0.25) is 5.91 Å². The highest BCUT2D eigenvalue weighted by Gasteiger charge is 2.21. The Morgan fingerprint density at radius 3 is 2.47 bits per heavy atom. The van der Waals surface area contributed by atoms with Crippen LogP contribution < -0.4 is 10.6 Å². The molecule has 0 spiro atoms. The zero-order valence-corrected chi connectivity index (χ0v) is 10.4. The van der Waals surface area contributed by atoms with Gasteiger partial charge in [0.1, 0.15) is 5.82 Å². The molecule has 0 bridgehead atoms. The van der Waals surface area contributed by atoms with Gasteiger partial charge in [-0.25, -0.2) is 4.98 Å². The van der Waals surface area contributed by atoms with Gasteiger partial charge >= 0.3 is 0 Å². The zero-order chi connectivity index (χ0) is 13.2. The molecule has 1 aliphatic rings. The van der Waals surface area contributed by atoms with Gasteiger partial charge in [-0.2, -0.15) is 0 Å². The van der Waals surface area contributed by atoms with Crippen molar-refractivity contribution in [3.63, 3.8) is 0 Å². The van der Waals surface area contributed by atoms with Crippen molar-refractivity contribution in [1.82, 2.24) is 9.97 Å². The Labute approximate surface area is 111 Å². The second-order valence-corrected chi connectivity index (χ2v) is 4.52. The molecule has 0 unspecified atom stereocenters. The molecule has 2 aromatic rings. The molecule has 5 nitrogen and oxygen atoms in total. The highest BCUT2D eigenvalue weighted by atomic mass is 16.2. The lowest BCUT2D eigenvalue weighted by molar-refractivity contribution is -0.117. The Morgan fingerprint density at radius 2 is 1.89 bits per heavy atom. The lowest BCUT2D eigenvalue weighted by Gasteiger charge is -2.15. The lowest BCUT2D eigenvalue weighted by atomic mass is 10.1. The standard InChI is InChI=1S/C14H14N4O/c15-13-9-16-12(8-17-13)10-3-5-11(6-4-10)18-7-1-2-14(18)19/h3-6,8-9H,1-2,7H2,(H2,15,17). The third-order valence-electron chi connectivity index (χ3n) is 3.22. The van der Waals surface area contributed by atoms with Crippen molar-refractivity contribution in [2.45, 2.75) is 12.8 Å². The first kappa shape index (κ1) is 11.6. The minimum Gasteiger partial charge on any atom is -0.382 e. The van der Waals surface area contributed by atoms with Crippen LogP contribution in [-0.2, 0) is 4.79 Å². The van der Waals surface area contributed by atoms with Crippen molar-refractivity contribution in [2.75, 3.05) is 17.2 Å². The van der Waals surface area contributed by atoms with Crippen LogP contribution >= 0.6 is 0 Å². The van der Waals surface area contributed by atoms with E-state index in [2.05, 4.69) is 9.97 Å². The van der Waals surface area contributed by atoms with Gasteiger partial charge in [0.25, 0.3) is 0 Å². The van der Waals surface area contributed by atoms with Gasteiger partial charge in [-0.15, -0.1) is 0 Å². The largest absolute Gasteiger partial charge is 0.382 e. The molecule has 1 fully saturated rings. The second kappa shape index (κ2) is 4.68. The number of aromatic nitrogens is 2. The molecule has 1 aromatic heterocycles. The average Bonchev–Trinajstić information content (AvgIpc) is 2.86. The van der Waals surface area contributed by atoms with Crippen LogP contribution in [0.15, 0.2) is 36.7 Å². The molecule has 3 rings (SSSR count). The summed E-state index contributed by atoms with van der Waals surface area (Å²) in [5.41, 5.74) is 8.18. The topological polar surface area (TPSA) is 72.1 Å². The van der Waals surface area contributed by atoms with Crippen LogP contribution in [-0.4, -0.2) is 22.4 Å². The normalized spacial score (nSPS) is 14.9. The van der Waals surface area contributed by atoms with Gasteiger partial charge in [0.05, 0.1) is 18.1 Å². The van der Waals surface area contributed by atoms with Gasteiger partial charge in [-0.3, -0.25) is 9.78 Å². The summed E-state index contributed by atoms with van der Waals surface area (Å²) in [7, 11) is 0. The summed E-state index contributed by atoms with van der Waals surface area (Å²) < 4.78 is 0. The van der Waals surface area contributed by atoms with Crippen LogP contribution in [0.4, 0.5) is 11.5 Å². The maximum absolute atomic E-state index is 11.7. The van der Waals surface area contributed by atoms with Crippen LogP contribution in [0.5, 0.6) is 0 Å². The predicted octanol–water partition coefficient (Wildman–Crippen LogP) is 1.85. The van der Waals surface area contributed by atoms with Gasteiger partial charge in [0, 0.05) is 24.2 Å². The molecule has 1 amide bonds. The predicted molar refractivity (Wildman–Crippen MR) is 73.5 cm³/mol. The maximum Gasteiger partial charge on any atom is 0.227 e. The molecule has 1 aliphatic heterocycles. The number of hydrogen-bond acceptors (Lipinski definition) is 4. The summed E-state index contributed by atoms with van der Waals surface area (Å²) in [6, 6.07) is 7.77. The summed E-state index contributed by atoms with van der Waals surface area (Å²) >= 11 is 0. The van der Waals surface area contributed by atoms with E-state index in [0.717, 1.165) is 29.9 Å². The molecule has 1 aromatic carbocycles. The number of hydrogen-bond donors (Lipinski definition) is 1. The number of benzene rings is 1. The highest BCUT2D eigenvalue weighted by molar-refractivity contribution is 5.95. The Bertz CT molecular complexity index is 592.